The van der Waals surface area contributed by atoms with Gasteiger partial charge >= 0.3 is 6.09 Å². The minimum Gasteiger partial charge on any atom is -0.444 e. The van der Waals surface area contributed by atoms with Gasteiger partial charge in [0.25, 0.3) is 5.91 Å². The Morgan fingerprint density at radius 3 is 2.48 bits per heavy atom. The van der Waals surface area contributed by atoms with Crippen LogP contribution >= 0.6 is 23.4 Å². The number of thioether (sulfide) groups is 1. The number of rotatable bonds is 5. The average Bonchev–Trinajstić information content (AvgIpc) is 2.85. The second kappa shape index (κ2) is 8.28. The second-order valence-electron chi connectivity index (χ2n) is 7.81. The number of halogens is 1. The van der Waals surface area contributed by atoms with Crippen LogP contribution in [0.25, 0.3) is 0 Å². The number of para-hydroxylation sites is 1. The summed E-state index contributed by atoms with van der Waals surface area (Å²) in [7, 11) is 0. The fourth-order valence-electron chi connectivity index (χ4n) is 3.25. The number of hydrogen-bond acceptors (Lipinski definition) is 4. The van der Waals surface area contributed by atoms with Crippen LogP contribution in [0.2, 0.25) is 5.02 Å². The average molecular weight is 433 g/mol. The number of fused-ring (bicyclic) bond motifs is 1. The van der Waals surface area contributed by atoms with E-state index in [0.717, 1.165) is 12.1 Å². The first-order chi connectivity index (χ1) is 13.7. The van der Waals surface area contributed by atoms with Crippen molar-refractivity contribution in [1.82, 2.24) is 5.32 Å². The number of carbonyl (C=O) groups is 2. The molecular formula is C22H25ClN2O3S. The molecule has 0 spiro atoms. The van der Waals surface area contributed by atoms with Gasteiger partial charge in [-0.25, -0.2) is 4.79 Å². The van der Waals surface area contributed by atoms with Crippen LogP contribution in [0.3, 0.4) is 0 Å². The van der Waals surface area contributed by atoms with Gasteiger partial charge in [0.1, 0.15) is 5.60 Å². The molecular weight excluding hydrogens is 408 g/mol. The lowest BCUT2D eigenvalue weighted by Crippen LogP contribution is -2.52. The van der Waals surface area contributed by atoms with Crippen LogP contribution in [0, 0.1) is 0 Å². The Kier molecular flexibility index (Phi) is 6.15. The Balaban J connectivity index is 2.11. The monoisotopic (exact) mass is 432 g/mol. The smallest absolute Gasteiger partial charge is 0.409 e. The Labute approximate surface area is 180 Å². The van der Waals surface area contributed by atoms with Crippen molar-refractivity contribution in [3.8, 4) is 0 Å². The summed E-state index contributed by atoms with van der Waals surface area (Å²) in [6.45, 7) is 7.92. The molecule has 1 atom stereocenters. The van der Waals surface area contributed by atoms with Crippen molar-refractivity contribution in [1.29, 1.82) is 0 Å². The van der Waals surface area contributed by atoms with E-state index in [0.29, 0.717) is 22.0 Å². The van der Waals surface area contributed by atoms with Crippen molar-refractivity contribution >= 4 is 41.1 Å². The molecule has 0 radical (unpaired) electrons. The molecule has 0 fully saturated rings. The zero-order valence-electron chi connectivity index (χ0n) is 17.0. The molecule has 1 N–H and O–H groups in total. The van der Waals surface area contributed by atoms with Gasteiger partial charge in [-0.1, -0.05) is 60.6 Å². The summed E-state index contributed by atoms with van der Waals surface area (Å²) in [6, 6.07) is 14.8. The third-order valence-electron chi connectivity index (χ3n) is 4.34. The third-order valence-corrected chi connectivity index (χ3v) is 6.16. The zero-order valence-corrected chi connectivity index (χ0v) is 18.6. The first-order valence-electron chi connectivity index (χ1n) is 9.54. The summed E-state index contributed by atoms with van der Waals surface area (Å²) in [5.74, 6) is -0.212. The van der Waals surface area contributed by atoms with Crippen LogP contribution in [-0.2, 0) is 14.4 Å². The van der Waals surface area contributed by atoms with Crippen LogP contribution in [-0.4, -0.2) is 24.1 Å². The number of anilines is 1. The van der Waals surface area contributed by atoms with Gasteiger partial charge < -0.3 is 9.64 Å². The maximum absolute atomic E-state index is 13.7. The van der Waals surface area contributed by atoms with Crippen LogP contribution < -0.4 is 10.2 Å². The summed E-state index contributed by atoms with van der Waals surface area (Å²) in [6.07, 6.45) is 0.137. The van der Waals surface area contributed by atoms with Gasteiger partial charge in [0, 0.05) is 17.0 Å². The minimum atomic E-state index is -1.36. The number of nitrogens with one attached hydrogen (secondary N) is 1. The van der Waals surface area contributed by atoms with Gasteiger partial charge in [0.15, 0.2) is 0 Å². The first kappa shape index (κ1) is 21.5. The molecule has 0 bridgehead atoms. The lowest BCUT2D eigenvalue weighted by Gasteiger charge is -2.31. The molecule has 0 saturated heterocycles. The molecule has 154 valence electrons. The van der Waals surface area contributed by atoms with Crippen LogP contribution in [0.4, 0.5) is 10.5 Å². The van der Waals surface area contributed by atoms with E-state index in [1.807, 2.05) is 49.4 Å². The quantitative estimate of drug-likeness (QED) is 0.628. The molecule has 0 aromatic heterocycles. The van der Waals surface area contributed by atoms with Crippen molar-refractivity contribution in [2.45, 2.75) is 49.5 Å². The molecule has 7 heteroatoms. The molecule has 2 aromatic carbocycles. The summed E-state index contributed by atoms with van der Waals surface area (Å²) in [5.41, 5.74) is 0.814. The molecule has 2 amide bonds. The Bertz CT molecular complexity index is 928. The fraction of sp³-hybridized carbons (Fsp3) is 0.364. The Hall–Kier alpha value is -2.18. The molecule has 29 heavy (non-hydrogen) atoms. The van der Waals surface area contributed by atoms with E-state index in [1.165, 1.54) is 11.8 Å². The summed E-state index contributed by atoms with van der Waals surface area (Å²) < 4.78 is 5.48. The van der Waals surface area contributed by atoms with Crippen molar-refractivity contribution in [3.05, 3.63) is 59.1 Å². The highest BCUT2D eigenvalue weighted by atomic mass is 35.5. The van der Waals surface area contributed by atoms with E-state index < -0.39 is 16.6 Å². The standard InChI is InChI=1S/C22H25ClN2O3S/c1-5-14-25-17-12-8-6-10-15(17)22(19(25)26,24-20(27)28-21(2,3)4)29-18-13-9-7-11-16(18)23/h6-13H,5,14H2,1-4H3,(H,24,27). The first-order valence-corrected chi connectivity index (χ1v) is 10.7. The highest BCUT2D eigenvalue weighted by molar-refractivity contribution is 8.01. The summed E-state index contributed by atoms with van der Waals surface area (Å²) in [5, 5.41) is 3.39. The zero-order chi connectivity index (χ0) is 21.2. The van der Waals surface area contributed by atoms with E-state index in [1.54, 1.807) is 31.7 Å². The predicted octanol–water partition coefficient (Wildman–Crippen LogP) is 5.57. The molecule has 1 aliphatic rings. The normalized spacial score (nSPS) is 18.5. The number of hydrogen-bond donors (Lipinski definition) is 1. The largest absolute Gasteiger partial charge is 0.444 e. The Morgan fingerprint density at radius 1 is 1.17 bits per heavy atom. The lowest BCUT2D eigenvalue weighted by molar-refractivity contribution is -0.121. The molecule has 3 rings (SSSR count). The van der Waals surface area contributed by atoms with Gasteiger partial charge in [-0.15, -0.1) is 0 Å². The van der Waals surface area contributed by atoms with E-state index in [2.05, 4.69) is 5.32 Å². The van der Waals surface area contributed by atoms with Gasteiger partial charge in [-0.05, 0) is 45.4 Å². The summed E-state index contributed by atoms with van der Waals surface area (Å²) in [4.78, 5) is 27.5. The molecule has 1 aliphatic heterocycles. The van der Waals surface area contributed by atoms with E-state index in [9.17, 15) is 9.59 Å². The van der Waals surface area contributed by atoms with Crippen LogP contribution in [0.5, 0.6) is 0 Å². The molecule has 0 saturated carbocycles. The van der Waals surface area contributed by atoms with Gasteiger partial charge in [-0.3, -0.25) is 10.1 Å². The number of benzene rings is 2. The van der Waals surface area contributed by atoms with Crippen molar-refractivity contribution in [3.63, 3.8) is 0 Å². The van der Waals surface area contributed by atoms with Gasteiger partial charge in [0.05, 0.1) is 10.7 Å². The van der Waals surface area contributed by atoms with E-state index in [4.69, 9.17) is 16.3 Å². The number of nitrogens with zero attached hydrogens (tertiary/aromatic N) is 1. The van der Waals surface area contributed by atoms with Crippen LogP contribution in [0.15, 0.2) is 53.4 Å². The topological polar surface area (TPSA) is 58.6 Å². The van der Waals surface area contributed by atoms with E-state index in [-0.39, 0.29) is 5.91 Å². The van der Waals surface area contributed by atoms with E-state index >= 15 is 0 Å². The van der Waals surface area contributed by atoms with Crippen molar-refractivity contribution in [2.24, 2.45) is 0 Å². The molecule has 2 aromatic rings. The Morgan fingerprint density at radius 2 is 1.83 bits per heavy atom. The predicted molar refractivity (Wildman–Crippen MR) is 117 cm³/mol. The fourth-order valence-corrected chi connectivity index (χ4v) is 4.76. The van der Waals surface area contributed by atoms with Crippen molar-refractivity contribution in [2.75, 3.05) is 11.4 Å². The van der Waals surface area contributed by atoms with Crippen LogP contribution in [0.1, 0.15) is 39.7 Å². The van der Waals surface area contributed by atoms with Crippen molar-refractivity contribution < 1.29 is 14.3 Å². The minimum absolute atomic E-state index is 0.212. The highest BCUT2D eigenvalue weighted by Gasteiger charge is 2.53. The third kappa shape index (κ3) is 4.38. The lowest BCUT2D eigenvalue weighted by atomic mass is 10.1. The summed E-state index contributed by atoms with van der Waals surface area (Å²) >= 11 is 7.62. The highest BCUT2D eigenvalue weighted by Crippen LogP contribution is 2.51. The number of carbonyl (C=O) groups excluding carboxylic acids is 2. The molecule has 0 aliphatic carbocycles. The van der Waals surface area contributed by atoms with Gasteiger partial charge in [0.2, 0.25) is 4.87 Å². The molecule has 1 heterocycles. The number of alkyl carbamates (subject to hydrolysis) is 1. The maximum Gasteiger partial charge on any atom is 0.409 e. The maximum atomic E-state index is 13.7. The number of ether oxygens (including phenoxy) is 1. The molecule has 1 unspecified atom stereocenters. The molecule has 5 nitrogen and oxygen atoms in total. The second-order valence-corrected chi connectivity index (χ2v) is 9.48. The van der Waals surface area contributed by atoms with Gasteiger partial charge in [-0.2, -0.15) is 0 Å². The number of amides is 2. The SMILES string of the molecule is CCCN1C(=O)C(NC(=O)OC(C)(C)C)(Sc2ccccc2Cl)c2ccccc21.